The fourth-order valence-corrected chi connectivity index (χ4v) is 7.85. The average molecular weight is 848 g/mol. The lowest BCUT2D eigenvalue weighted by Gasteiger charge is -2.36. The Morgan fingerprint density at radius 3 is 1.98 bits per heavy atom. The molecule has 18 heteroatoms. The summed E-state index contributed by atoms with van der Waals surface area (Å²) in [6.07, 6.45) is -2.79. The molecule has 0 fully saturated rings. The fourth-order valence-electron chi connectivity index (χ4n) is 7.64. The third-order valence-electron chi connectivity index (χ3n) is 10.4. The molecule has 6 aromatic carbocycles. The zero-order valence-corrected chi connectivity index (χ0v) is 31.6. The molecule has 0 radical (unpaired) electrons. The van der Waals surface area contributed by atoms with E-state index in [1.165, 1.54) is 36.4 Å². The van der Waals surface area contributed by atoms with Gasteiger partial charge in [-0.3, -0.25) is 0 Å². The van der Waals surface area contributed by atoms with Gasteiger partial charge in [-0.1, -0.05) is 6.07 Å². The molecule has 61 heavy (non-hydrogen) atoms. The van der Waals surface area contributed by atoms with Gasteiger partial charge in [-0.15, -0.1) is 0 Å². The van der Waals surface area contributed by atoms with Crippen molar-refractivity contribution in [2.24, 2.45) is 0 Å². The smallest absolute Gasteiger partial charge is 0.340 e. The predicted octanol–water partition coefficient (Wildman–Crippen LogP) is 6.28. The number of ether oxygens (including phenoxy) is 5. The molecular weight excluding hydrogens is 819 g/mol. The molecule has 0 aliphatic carbocycles. The first-order valence-electron chi connectivity index (χ1n) is 18.0. The van der Waals surface area contributed by atoms with Crippen LogP contribution in [0.2, 0.25) is 0 Å². The number of rotatable bonds is 5. The predicted molar refractivity (Wildman–Crippen MR) is 212 cm³/mol. The van der Waals surface area contributed by atoms with E-state index in [0.29, 0.717) is 16.7 Å². The molecule has 17 nitrogen and oxygen atoms in total. The molecule has 0 bridgehead atoms. The zero-order chi connectivity index (χ0) is 43.1. The summed E-state index contributed by atoms with van der Waals surface area (Å²) in [5, 5.41) is 95.0. The summed E-state index contributed by atoms with van der Waals surface area (Å²) in [6.45, 7) is 0. The van der Waals surface area contributed by atoms with Crippen molar-refractivity contribution in [2.45, 2.75) is 24.2 Å². The van der Waals surface area contributed by atoms with E-state index in [-0.39, 0.29) is 74.6 Å². The van der Waals surface area contributed by atoms with Gasteiger partial charge >= 0.3 is 11.9 Å². The van der Waals surface area contributed by atoms with Crippen molar-refractivity contribution >= 4 is 35.0 Å². The van der Waals surface area contributed by atoms with Crippen LogP contribution in [0.4, 0.5) is 5.69 Å². The molecule has 0 saturated heterocycles. The Balaban J connectivity index is 0.974. The number of phenolic OH excluding ortho intramolecular Hbond substituents is 9. The van der Waals surface area contributed by atoms with E-state index in [4.69, 9.17) is 35.9 Å². The summed E-state index contributed by atoms with van der Waals surface area (Å²) in [5.74, 6) is -6.71. The molecule has 0 saturated carbocycles. The van der Waals surface area contributed by atoms with Gasteiger partial charge in [-0.05, 0) is 72.9 Å². The number of carbonyl (C=O) groups is 2. The maximum Gasteiger partial charge on any atom is 0.340 e. The van der Waals surface area contributed by atoms with E-state index >= 15 is 0 Å². The highest BCUT2D eigenvalue weighted by atomic mass is 32.1. The van der Waals surface area contributed by atoms with Crippen molar-refractivity contribution in [3.8, 4) is 74.7 Å². The van der Waals surface area contributed by atoms with Gasteiger partial charge in [0.15, 0.2) is 40.5 Å². The molecule has 3 heterocycles. The van der Waals surface area contributed by atoms with E-state index in [2.05, 4.69) is 5.32 Å². The Labute approximate surface area is 347 Å². The van der Waals surface area contributed by atoms with Crippen molar-refractivity contribution in [3.63, 3.8) is 0 Å². The molecule has 308 valence electrons. The number of hydrogen-bond donors (Lipinski definition) is 10. The molecule has 3 aliphatic rings. The molecule has 1 spiro atoms. The van der Waals surface area contributed by atoms with Gasteiger partial charge in [0.2, 0.25) is 5.75 Å². The zero-order valence-electron chi connectivity index (χ0n) is 30.8. The van der Waals surface area contributed by atoms with Crippen LogP contribution in [-0.4, -0.2) is 69.2 Å². The van der Waals surface area contributed by atoms with Gasteiger partial charge in [0.25, 0.3) is 5.17 Å². The largest absolute Gasteiger partial charge is 0.508 e. The number of aromatic hydroxyl groups is 9. The second-order valence-corrected chi connectivity index (χ2v) is 14.6. The number of anilines is 1. The molecule has 2 atom stereocenters. The number of esters is 2. The van der Waals surface area contributed by atoms with Crippen LogP contribution in [0, 0.1) is 0 Å². The van der Waals surface area contributed by atoms with Crippen LogP contribution in [0.25, 0.3) is 0 Å². The monoisotopic (exact) mass is 847 g/mol. The van der Waals surface area contributed by atoms with Gasteiger partial charge in [-0.25, -0.2) is 9.59 Å². The first-order chi connectivity index (χ1) is 29.1. The van der Waals surface area contributed by atoms with E-state index in [9.17, 15) is 55.5 Å². The van der Waals surface area contributed by atoms with Crippen LogP contribution in [0.15, 0.2) is 91.0 Å². The van der Waals surface area contributed by atoms with E-state index in [0.717, 1.165) is 30.3 Å². The van der Waals surface area contributed by atoms with Crippen LogP contribution in [0.5, 0.6) is 74.7 Å². The number of benzene rings is 6. The first kappa shape index (κ1) is 38.3. The van der Waals surface area contributed by atoms with Crippen LogP contribution in [0.1, 0.15) is 54.6 Å². The average Bonchev–Trinajstić information content (AvgIpc) is 3.49. The number of thiocarbonyl (C=S) groups is 1. The quantitative estimate of drug-likeness (QED) is 0.0519. The Kier molecular flexibility index (Phi) is 8.75. The summed E-state index contributed by atoms with van der Waals surface area (Å²) in [4.78, 5) is 27.2. The van der Waals surface area contributed by atoms with Crippen molar-refractivity contribution < 1.29 is 79.2 Å². The van der Waals surface area contributed by atoms with Crippen molar-refractivity contribution in [3.05, 3.63) is 130 Å². The van der Waals surface area contributed by atoms with Gasteiger partial charge in [0.1, 0.15) is 46.4 Å². The van der Waals surface area contributed by atoms with Crippen LogP contribution in [0.3, 0.4) is 0 Å². The SMILES string of the molecule is O=C(O[C@@H]1Cc2c(O)cc(O)cc2O[C@@H]1c1cc(O)c(O)c(O)c1)c1cc(O)c(O)c(OC(=S)Nc2ccc3c(c2)C(=O)OC32c3ccc(O)cc3Oc3cc(O)ccc32)c1. The summed E-state index contributed by atoms with van der Waals surface area (Å²) in [6, 6.07) is 19.6. The Morgan fingerprint density at radius 2 is 1.31 bits per heavy atom. The Bertz CT molecular complexity index is 2820. The molecule has 0 amide bonds. The van der Waals surface area contributed by atoms with Crippen LogP contribution in [-0.2, 0) is 21.5 Å². The van der Waals surface area contributed by atoms with E-state index in [1.54, 1.807) is 24.3 Å². The van der Waals surface area contributed by atoms with E-state index in [1.807, 2.05) is 0 Å². The third kappa shape index (κ3) is 6.37. The van der Waals surface area contributed by atoms with Gasteiger partial charge in [-0.2, -0.15) is 0 Å². The van der Waals surface area contributed by atoms with Gasteiger partial charge in [0.05, 0.1) is 11.1 Å². The van der Waals surface area contributed by atoms with Crippen molar-refractivity contribution in [1.82, 2.24) is 0 Å². The van der Waals surface area contributed by atoms with E-state index < -0.39 is 69.4 Å². The maximum atomic E-state index is 13.7. The second-order valence-electron chi connectivity index (χ2n) is 14.2. The topological polar surface area (TPSA) is 274 Å². The summed E-state index contributed by atoms with van der Waals surface area (Å²) in [7, 11) is 0. The molecular formula is C43H29NO16S. The molecule has 10 N–H and O–H groups in total. The highest BCUT2D eigenvalue weighted by molar-refractivity contribution is 7.80. The summed E-state index contributed by atoms with van der Waals surface area (Å²) >= 11 is 5.38. The molecule has 0 aromatic heterocycles. The minimum Gasteiger partial charge on any atom is -0.508 e. The molecule has 0 unspecified atom stereocenters. The summed E-state index contributed by atoms with van der Waals surface area (Å²) in [5.41, 5.74) is -0.108. The fraction of sp³-hybridized carbons (Fsp3) is 0.0930. The third-order valence-corrected chi connectivity index (χ3v) is 10.5. The van der Waals surface area contributed by atoms with Crippen LogP contribution >= 0.6 is 12.2 Å². The van der Waals surface area contributed by atoms with Crippen LogP contribution < -0.4 is 19.5 Å². The first-order valence-corrected chi connectivity index (χ1v) is 18.4. The van der Waals surface area contributed by atoms with Gasteiger partial charge < -0.3 is 75.0 Å². The van der Waals surface area contributed by atoms with Gasteiger partial charge in [0, 0.05) is 64.2 Å². The summed E-state index contributed by atoms with van der Waals surface area (Å²) < 4.78 is 29.5. The standard InChI is InChI=1S/C43H29NO16S/c45-20-2-5-26-33(13-20)56-34-14-21(46)3-6-27(34)43(26)25-4-1-19(11-23(25)41(55)60-43)44-42(61)59-35-10-18(9-31(51)38(35)53)40(54)58-36-16-24-28(48)12-22(47)15-32(24)57-39(36)17-7-29(49)37(52)30(50)8-17/h1-15,36,39,45-53H,16H2,(H,44,61)/t36-,39-/m1/s1. The molecule has 9 rings (SSSR count). The minimum atomic E-state index is -1.52. The number of carbonyl (C=O) groups excluding carboxylic acids is 2. The number of hydrogen-bond acceptors (Lipinski definition) is 17. The number of nitrogens with one attached hydrogen (secondary N) is 1. The Hall–Kier alpha value is -8.25. The number of phenols is 9. The second kappa shape index (κ2) is 13.9. The maximum absolute atomic E-state index is 13.7. The lowest BCUT2D eigenvalue weighted by Crippen LogP contribution is -2.34. The minimum absolute atomic E-state index is 0.00199. The highest BCUT2D eigenvalue weighted by Gasteiger charge is 2.54. The number of fused-ring (bicyclic) bond motifs is 7. The lowest BCUT2D eigenvalue weighted by atomic mass is 9.77. The van der Waals surface area contributed by atoms with Crippen molar-refractivity contribution in [2.75, 3.05) is 5.32 Å². The molecule has 3 aliphatic heterocycles. The molecule has 6 aromatic rings. The van der Waals surface area contributed by atoms with Crippen molar-refractivity contribution in [1.29, 1.82) is 0 Å². The Morgan fingerprint density at radius 1 is 0.689 bits per heavy atom. The normalized spacial score (nSPS) is 16.4. The lowest BCUT2D eigenvalue weighted by molar-refractivity contribution is -0.0189. The highest BCUT2D eigenvalue weighted by Crippen LogP contribution is 2.57.